The molecule has 0 aliphatic rings. The third kappa shape index (κ3) is 23.2. The maximum Gasteiger partial charge on any atom is 0.119 e. The highest BCUT2D eigenvalue weighted by atomic mass is 16.6. The minimum Gasteiger partial charge on any atom is -0.491 e. The van der Waals surface area contributed by atoms with E-state index in [1.54, 1.807) is 0 Å². The molecule has 0 saturated heterocycles. The quantitative estimate of drug-likeness (QED) is 0.0723. The maximum atomic E-state index is 5.80. The molecule has 6 nitrogen and oxygen atoms in total. The molecule has 0 amide bonds. The molecule has 2 aromatic rings. The molecule has 0 aliphatic carbocycles. The Hall–Kier alpha value is -2.12. The van der Waals surface area contributed by atoms with Gasteiger partial charge in [0.05, 0.1) is 52.9 Å². The van der Waals surface area contributed by atoms with Gasteiger partial charge in [0.15, 0.2) is 0 Å². The van der Waals surface area contributed by atoms with Gasteiger partial charge in [-0.15, -0.1) is 0 Å². The first-order valence-electron chi connectivity index (χ1n) is 18.6. The fourth-order valence-corrected chi connectivity index (χ4v) is 5.28. The Labute approximate surface area is 281 Å². The van der Waals surface area contributed by atoms with Gasteiger partial charge in [-0.3, -0.25) is 0 Å². The second-order valence-corrected chi connectivity index (χ2v) is 12.2. The number of ether oxygens (including phenoxy) is 6. The monoisotopic (exact) mass is 642 g/mol. The van der Waals surface area contributed by atoms with Gasteiger partial charge in [0.1, 0.15) is 24.7 Å². The average Bonchev–Trinajstić information content (AvgIpc) is 3.08. The van der Waals surface area contributed by atoms with E-state index in [0.29, 0.717) is 66.1 Å². The summed E-state index contributed by atoms with van der Waals surface area (Å²) in [5.74, 6) is 1.80. The predicted octanol–water partition coefficient (Wildman–Crippen LogP) is 9.80. The van der Waals surface area contributed by atoms with Crippen LogP contribution in [0.5, 0.6) is 11.5 Å². The summed E-state index contributed by atoms with van der Waals surface area (Å²) in [4.78, 5) is 0. The highest BCUT2D eigenvalue weighted by Gasteiger charge is 2.00. The average molecular weight is 643 g/mol. The van der Waals surface area contributed by atoms with Gasteiger partial charge in [-0.05, 0) is 61.1 Å². The lowest BCUT2D eigenvalue weighted by Crippen LogP contribution is -2.14. The van der Waals surface area contributed by atoms with Crippen molar-refractivity contribution in [1.82, 2.24) is 0 Å². The molecule has 46 heavy (non-hydrogen) atoms. The van der Waals surface area contributed by atoms with Gasteiger partial charge in [-0.1, -0.05) is 115 Å². The Morgan fingerprint density at radius 3 is 0.935 bits per heavy atom. The Kier molecular flexibility index (Phi) is 26.3. The molecule has 6 heteroatoms. The molecule has 0 radical (unpaired) electrons. The van der Waals surface area contributed by atoms with E-state index in [1.807, 2.05) is 0 Å². The zero-order valence-electron chi connectivity index (χ0n) is 29.5. The summed E-state index contributed by atoms with van der Waals surface area (Å²) in [6.07, 6.45) is 21.2. The van der Waals surface area contributed by atoms with E-state index in [2.05, 4.69) is 62.4 Å². The summed E-state index contributed by atoms with van der Waals surface area (Å²) in [7, 11) is 0. The molecule has 0 N–H and O–H groups in total. The Bertz CT molecular complexity index is 825. The highest BCUT2D eigenvalue weighted by Crippen LogP contribution is 2.17. The molecule has 0 saturated carbocycles. The summed E-state index contributed by atoms with van der Waals surface area (Å²) in [6, 6.07) is 17.0. The summed E-state index contributed by atoms with van der Waals surface area (Å²) >= 11 is 0. The van der Waals surface area contributed by atoms with Gasteiger partial charge in [-0.2, -0.15) is 0 Å². The Morgan fingerprint density at radius 1 is 0.326 bits per heavy atom. The lowest BCUT2D eigenvalue weighted by molar-refractivity contribution is -0.00699. The molecule has 2 rings (SSSR count). The molecule has 0 aliphatic heterocycles. The minimum absolute atomic E-state index is 0.539. The highest BCUT2D eigenvalue weighted by molar-refractivity contribution is 5.28. The first-order valence-corrected chi connectivity index (χ1v) is 18.6. The summed E-state index contributed by atoms with van der Waals surface area (Å²) in [5.41, 5.74) is 2.78. The van der Waals surface area contributed by atoms with E-state index >= 15 is 0 Å². The zero-order chi connectivity index (χ0) is 32.6. The maximum absolute atomic E-state index is 5.80. The molecule has 0 spiro atoms. The number of unbranched alkanes of at least 4 members (excludes halogenated alkanes) is 12. The lowest BCUT2D eigenvalue weighted by Gasteiger charge is -2.10. The van der Waals surface area contributed by atoms with Crippen LogP contribution in [0.2, 0.25) is 0 Å². The smallest absolute Gasteiger partial charge is 0.119 e. The molecule has 262 valence electrons. The standard InChI is InChI=1S/C40H66O6/c1-3-5-7-9-11-13-15-17-37-19-23-39(24-20-37)45-35-33-43-31-29-41-27-28-42-30-32-44-34-36-46-40-25-21-38(22-26-40)18-16-14-12-10-8-6-4-2/h19-26H,3-18,27-36H2,1-2H3. The third-order valence-electron chi connectivity index (χ3n) is 8.09. The van der Waals surface area contributed by atoms with Crippen LogP contribution in [0.3, 0.4) is 0 Å². The van der Waals surface area contributed by atoms with Crippen molar-refractivity contribution in [3.63, 3.8) is 0 Å². The van der Waals surface area contributed by atoms with Gasteiger partial charge >= 0.3 is 0 Å². The van der Waals surface area contributed by atoms with Crippen LogP contribution in [-0.2, 0) is 31.8 Å². The third-order valence-corrected chi connectivity index (χ3v) is 8.09. The Balaban J connectivity index is 1.29. The molecule has 0 atom stereocenters. The van der Waals surface area contributed by atoms with Crippen molar-refractivity contribution < 1.29 is 28.4 Å². The molecule has 0 aromatic heterocycles. The first-order chi connectivity index (χ1) is 22.8. The van der Waals surface area contributed by atoms with Gasteiger partial charge in [0.2, 0.25) is 0 Å². The minimum atomic E-state index is 0.539. The van der Waals surface area contributed by atoms with E-state index in [9.17, 15) is 0 Å². The normalized spacial score (nSPS) is 11.3. The topological polar surface area (TPSA) is 55.4 Å². The molecule has 0 fully saturated rings. The van der Waals surface area contributed by atoms with E-state index < -0.39 is 0 Å². The van der Waals surface area contributed by atoms with Crippen molar-refractivity contribution in [2.45, 2.75) is 117 Å². The molecular formula is C40H66O6. The van der Waals surface area contributed by atoms with Gasteiger partial charge in [-0.25, -0.2) is 0 Å². The van der Waals surface area contributed by atoms with Crippen molar-refractivity contribution in [1.29, 1.82) is 0 Å². The van der Waals surface area contributed by atoms with Gasteiger partial charge in [0.25, 0.3) is 0 Å². The van der Waals surface area contributed by atoms with Crippen LogP contribution in [0.25, 0.3) is 0 Å². The first kappa shape index (κ1) is 40.1. The second-order valence-electron chi connectivity index (χ2n) is 12.2. The summed E-state index contributed by atoms with van der Waals surface area (Å²) in [6.45, 7) is 9.98. The van der Waals surface area contributed by atoms with Crippen LogP contribution in [0.15, 0.2) is 48.5 Å². The van der Waals surface area contributed by atoms with Crippen molar-refractivity contribution in [2.75, 3.05) is 66.1 Å². The van der Waals surface area contributed by atoms with E-state index in [4.69, 9.17) is 28.4 Å². The number of aryl methyl sites for hydroxylation is 2. The lowest BCUT2D eigenvalue weighted by atomic mass is 10.0. The van der Waals surface area contributed by atoms with Gasteiger partial charge < -0.3 is 28.4 Å². The number of rotatable bonds is 33. The van der Waals surface area contributed by atoms with Crippen molar-refractivity contribution in [3.8, 4) is 11.5 Å². The molecular weight excluding hydrogens is 576 g/mol. The fraction of sp³-hybridized carbons (Fsp3) is 0.700. The van der Waals surface area contributed by atoms with Crippen molar-refractivity contribution in [3.05, 3.63) is 59.7 Å². The van der Waals surface area contributed by atoms with Crippen LogP contribution in [0.4, 0.5) is 0 Å². The number of hydrogen-bond acceptors (Lipinski definition) is 6. The molecule has 0 heterocycles. The molecule has 0 unspecified atom stereocenters. The summed E-state index contributed by atoms with van der Waals surface area (Å²) in [5, 5.41) is 0. The van der Waals surface area contributed by atoms with Crippen LogP contribution < -0.4 is 9.47 Å². The van der Waals surface area contributed by atoms with Crippen LogP contribution in [0.1, 0.15) is 115 Å². The molecule has 0 bridgehead atoms. The number of hydrogen-bond donors (Lipinski definition) is 0. The SMILES string of the molecule is CCCCCCCCCc1ccc(OCCOCCOCCOCCOCCOc2ccc(CCCCCCCCC)cc2)cc1. The van der Waals surface area contributed by atoms with Crippen LogP contribution in [0, 0.1) is 0 Å². The van der Waals surface area contributed by atoms with E-state index in [0.717, 1.165) is 24.3 Å². The summed E-state index contributed by atoms with van der Waals surface area (Å²) < 4.78 is 34.0. The number of benzene rings is 2. The predicted molar refractivity (Wildman–Crippen MR) is 191 cm³/mol. The zero-order valence-corrected chi connectivity index (χ0v) is 29.5. The Morgan fingerprint density at radius 2 is 0.609 bits per heavy atom. The fourth-order valence-electron chi connectivity index (χ4n) is 5.28. The van der Waals surface area contributed by atoms with E-state index in [1.165, 1.54) is 101 Å². The van der Waals surface area contributed by atoms with Gasteiger partial charge in [0, 0.05) is 0 Å². The van der Waals surface area contributed by atoms with Crippen LogP contribution >= 0.6 is 0 Å². The second kappa shape index (κ2) is 30.2. The van der Waals surface area contributed by atoms with Crippen molar-refractivity contribution in [2.24, 2.45) is 0 Å². The van der Waals surface area contributed by atoms with E-state index in [-0.39, 0.29) is 0 Å². The van der Waals surface area contributed by atoms with Crippen LogP contribution in [-0.4, -0.2) is 66.1 Å². The largest absolute Gasteiger partial charge is 0.491 e. The molecule has 2 aromatic carbocycles. The van der Waals surface area contributed by atoms with Crippen molar-refractivity contribution >= 4 is 0 Å².